The summed E-state index contributed by atoms with van der Waals surface area (Å²) in [6.45, 7) is 10.3. The van der Waals surface area contributed by atoms with Crippen molar-refractivity contribution in [1.29, 1.82) is 0 Å². The number of carbonyl (C=O) groups excluding carboxylic acids is 2. The van der Waals surface area contributed by atoms with Gasteiger partial charge in [0.2, 0.25) is 0 Å². The average molecular weight is 550 g/mol. The molecule has 0 unspecified atom stereocenters. The number of anilines is 1. The van der Waals surface area contributed by atoms with Gasteiger partial charge in [-0.2, -0.15) is 0 Å². The maximum absolute atomic E-state index is 14.6. The van der Waals surface area contributed by atoms with E-state index in [2.05, 4.69) is 27.4 Å². The van der Waals surface area contributed by atoms with E-state index >= 15 is 0 Å². The second-order valence-electron chi connectivity index (χ2n) is 10.3. The number of benzene rings is 2. The van der Waals surface area contributed by atoms with E-state index in [0.717, 1.165) is 25.2 Å². The first-order valence-electron chi connectivity index (χ1n) is 13.2. The molecule has 1 aliphatic rings. The molecule has 2 aromatic carbocycles. The lowest BCUT2D eigenvalue weighted by Gasteiger charge is -2.34. The van der Waals surface area contributed by atoms with Crippen LogP contribution in [0.5, 0.6) is 11.5 Å². The molecule has 4 rings (SSSR count). The standard InChI is InChI=1S/C30H36FN5O4/c1-17-6-7-21(12-25(17)31)27(16-36-9-8-33-20(4)15-36)40-26-11-18(2)23(13-24(26)28(32)37)30(38)35-29-19(3)10-22(39-5)14-34-29/h6-7,10-14,20,27,33H,8-9,15-16H2,1-5H3,(H2,32,37)(H,34,35,38)/t20-,27-/m1/s1. The molecule has 0 bridgehead atoms. The number of carbonyl (C=O) groups is 2. The Morgan fingerprint density at radius 3 is 2.58 bits per heavy atom. The third-order valence-corrected chi connectivity index (χ3v) is 7.07. The number of aromatic nitrogens is 1. The van der Waals surface area contributed by atoms with Crippen molar-refractivity contribution in [3.8, 4) is 11.5 Å². The Kier molecular flexibility index (Phi) is 9.01. The summed E-state index contributed by atoms with van der Waals surface area (Å²) >= 11 is 0. The number of pyridine rings is 1. The monoisotopic (exact) mass is 549 g/mol. The normalized spacial score (nSPS) is 16.3. The largest absolute Gasteiger partial charge is 0.495 e. The van der Waals surface area contributed by atoms with Gasteiger partial charge in [0.25, 0.3) is 11.8 Å². The van der Waals surface area contributed by atoms with E-state index in [1.165, 1.54) is 25.4 Å². The van der Waals surface area contributed by atoms with Gasteiger partial charge in [-0.3, -0.25) is 14.5 Å². The third-order valence-electron chi connectivity index (χ3n) is 7.07. The zero-order chi connectivity index (χ0) is 29.0. The molecule has 1 fully saturated rings. The van der Waals surface area contributed by atoms with E-state index in [1.54, 1.807) is 39.0 Å². The second-order valence-corrected chi connectivity index (χ2v) is 10.3. The summed E-state index contributed by atoms with van der Waals surface area (Å²) in [7, 11) is 1.54. The van der Waals surface area contributed by atoms with Crippen LogP contribution in [0.25, 0.3) is 0 Å². The minimum absolute atomic E-state index is 0.0569. The molecule has 0 saturated carbocycles. The van der Waals surface area contributed by atoms with Gasteiger partial charge in [0.15, 0.2) is 0 Å². The highest BCUT2D eigenvalue weighted by Crippen LogP contribution is 2.31. The van der Waals surface area contributed by atoms with E-state index in [4.69, 9.17) is 15.2 Å². The van der Waals surface area contributed by atoms with Gasteiger partial charge in [-0.25, -0.2) is 9.37 Å². The number of halogens is 1. The number of amides is 2. The summed E-state index contributed by atoms with van der Waals surface area (Å²) in [4.78, 5) is 32.2. The van der Waals surface area contributed by atoms with Crippen LogP contribution in [0.2, 0.25) is 0 Å². The van der Waals surface area contributed by atoms with Crippen molar-refractivity contribution >= 4 is 17.6 Å². The Morgan fingerprint density at radius 2 is 1.93 bits per heavy atom. The number of aryl methyl sites for hydroxylation is 3. The Hall–Kier alpha value is -4.02. The van der Waals surface area contributed by atoms with Crippen LogP contribution in [0.4, 0.5) is 10.2 Å². The van der Waals surface area contributed by atoms with Crippen LogP contribution in [0.1, 0.15) is 56.0 Å². The van der Waals surface area contributed by atoms with Crippen molar-refractivity contribution in [3.05, 3.63) is 81.8 Å². The molecule has 0 spiro atoms. The van der Waals surface area contributed by atoms with E-state index < -0.39 is 17.9 Å². The summed E-state index contributed by atoms with van der Waals surface area (Å²) in [5.41, 5.74) is 8.53. The molecule has 40 heavy (non-hydrogen) atoms. The number of rotatable bonds is 9. The van der Waals surface area contributed by atoms with E-state index in [-0.39, 0.29) is 22.7 Å². The molecule has 2 heterocycles. The summed E-state index contributed by atoms with van der Waals surface area (Å²) in [6.07, 6.45) is 0.928. The van der Waals surface area contributed by atoms with E-state index in [0.29, 0.717) is 40.8 Å². The number of nitrogens with one attached hydrogen (secondary N) is 2. The Balaban J connectivity index is 1.65. The number of methoxy groups -OCH3 is 1. The molecule has 9 nitrogen and oxygen atoms in total. The van der Waals surface area contributed by atoms with Crippen LogP contribution < -0.4 is 25.8 Å². The molecule has 212 valence electrons. The quantitative estimate of drug-likeness (QED) is 0.370. The first-order valence-corrected chi connectivity index (χ1v) is 13.2. The van der Waals surface area contributed by atoms with Crippen LogP contribution in [-0.2, 0) is 0 Å². The van der Waals surface area contributed by atoms with Gasteiger partial charge >= 0.3 is 0 Å². The SMILES string of the molecule is COc1cnc(NC(=O)c2cc(C(N)=O)c(O[C@H](CN3CCN[C@H](C)C3)c3ccc(C)c(F)c3)cc2C)c(C)c1. The number of primary amides is 1. The number of piperazine rings is 1. The minimum atomic E-state index is -0.743. The highest BCUT2D eigenvalue weighted by molar-refractivity contribution is 6.07. The molecule has 10 heteroatoms. The summed E-state index contributed by atoms with van der Waals surface area (Å²) < 4.78 is 26.2. The van der Waals surface area contributed by atoms with Crippen LogP contribution >= 0.6 is 0 Å². The molecule has 3 aromatic rings. The lowest BCUT2D eigenvalue weighted by molar-refractivity contribution is 0.0972. The average Bonchev–Trinajstić information content (AvgIpc) is 2.90. The third kappa shape index (κ3) is 6.75. The van der Waals surface area contributed by atoms with Crippen molar-refractivity contribution in [3.63, 3.8) is 0 Å². The predicted molar refractivity (Wildman–Crippen MR) is 152 cm³/mol. The smallest absolute Gasteiger partial charge is 0.257 e. The lowest BCUT2D eigenvalue weighted by atomic mass is 10.0. The highest BCUT2D eigenvalue weighted by atomic mass is 19.1. The summed E-state index contributed by atoms with van der Waals surface area (Å²) in [6, 6.07) is 10.1. The molecular weight excluding hydrogens is 513 g/mol. The van der Waals surface area contributed by atoms with Gasteiger partial charge in [-0.05, 0) is 74.2 Å². The number of nitrogens with two attached hydrogens (primary N) is 1. The van der Waals surface area contributed by atoms with Crippen LogP contribution in [0.3, 0.4) is 0 Å². The lowest BCUT2D eigenvalue weighted by Crippen LogP contribution is -2.50. The Labute approximate surface area is 233 Å². The number of nitrogens with zero attached hydrogens (tertiary/aromatic N) is 2. The van der Waals surface area contributed by atoms with Gasteiger partial charge in [-0.15, -0.1) is 0 Å². The van der Waals surface area contributed by atoms with Crippen molar-refractivity contribution < 1.29 is 23.5 Å². The minimum Gasteiger partial charge on any atom is -0.495 e. The van der Waals surface area contributed by atoms with Crippen LogP contribution in [0.15, 0.2) is 42.6 Å². The molecule has 2 amide bonds. The second kappa shape index (κ2) is 12.4. The molecule has 0 radical (unpaired) electrons. The number of hydrogen-bond acceptors (Lipinski definition) is 7. The van der Waals surface area contributed by atoms with Crippen LogP contribution in [-0.4, -0.2) is 61.0 Å². The number of ether oxygens (including phenoxy) is 2. The molecular formula is C30H36FN5O4. The summed E-state index contributed by atoms with van der Waals surface area (Å²) in [5.74, 6) is -0.345. The molecule has 0 aliphatic carbocycles. The van der Waals surface area contributed by atoms with Gasteiger partial charge < -0.3 is 25.8 Å². The Bertz CT molecular complexity index is 1410. The maximum Gasteiger partial charge on any atom is 0.257 e. The first kappa shape index (κ1) is 29.0. The molecule has 1 saturated heterocycles. The Morgan fingerprint density at radius 1 is 1.15 bits per heavy atom. The highest BCUT2D eigenvalue weighted by Gasteiger charge is 2.26. The van der Waals surface area contributed by atoms with Crippen molar-refractivity contribution in [2.45, 2.75) is 39.8 Å². The first-order chi connectivity index (χ1) is 19.0. The molecule has 1 aliphatic heterocycles. The van der Waals surface area contributed by atoms with Crippen LogP contribution in [0, 0.1) is 26.6 Å². The van der Waals surface area contributed by atoms with Gasteiger partial charge in [0, 0.05) is 37.8 Å². The van der Waals surface area contributed by atoms with Crippen molar-refractivity contribution in [2.75, 3.05) is 38.6 Å². The van der Waals surface area contributed by atoms with Crippen molar-refractivity contribution in [2.24, 2.45) is 5.73 Å². The summed E-state index contributed by atoms with van der Waals surface area (Å²) in [5, 5.41) is 6.20. The molecule has 1 aromatic heterocycles. The van der Waals surface area contributed by atoms with E-state index in [1.807, 2.05) is 6.07 Å². The maximum atomic E-state index is 14.6. The fraction of sp³-hybridized carbons (Fsp3) is 0.367. The van der Waals surface area contributed by atoms with Gasteiger partial charge in [0.05, 0.1) is 18.9 Å². The zero-order valence-corrected chi connectivity index (χ0v) is 23.5. The van der Waals surface area contributed by atoms with Gasteiger partial charge in [-0.1, -0.05) is 12.1 Å². The fourth-order valence-corrected chi connectivity index (χ4v) is 4.77. The van der Waals surface area contributed by atoms with E-state index in [9.17, 15) is 14.0 Å². The van der Waals surface area contributed by atoms with Crippen molar-refractivity contribution in [1.82, 2.24) is 15.2 Å². The fourth-order valence-electron chi connectivity index (χ4n) is 4.77. The topological polar surface area (TPSA) is 119 Å². The number of hydrogen-bond donors (Lipinski definition) is 3. The molecule has 2 atom stereocenters. The molecule has 4 N–H and O–H groups in total. The van der Waals surface area contributed by atoms with Gasteiger partial charge in [0.1, 0.15) is 29.2 Å². The predicted octanol–water partition coefficient (Wildman–Crippen LogP) is 3.92. The zero-order valence-electron chi connectivity index (χ0n) is 23.5.